The molecule has 0 aromatic heterocycles. The highest BCUT2D eigenvalue weighted by Crippen LogP contribution is 2.67. The summed E-state index contributed by atoms with van der Waals surface area (Å²) in [5, 5.41) is 0. The predicted octanol–water partition coefficient (Wildman–Crippen LogP) is 3.61. The Morgan fingerprint density at radius 3 is 1.80 bits per heavy atom. The number of carbonyl (C=O) groups excluding carboxylic acids is 1. The molecule has 3 rings (SSSR count). The molecule has 0 heterocycles. The van der Waals surface area contributed by atoms with Gasteiger partial charge in [-0.25, -0.2) is 0 Å². The van der Waals surface area contributed by atoms with Crippen molar-refractivity contribution in [2.24, 2.45) is 0 Å². The minimum atomic E-state index is -0.740. The highest BCUT2D eigenvalue weighted by Gasteiger charge is 2.72. The van der Waals surface area contributed by atoms with E-state index in [1.807, 2.05) is 36.4 Å². The molecule has 1 amide bonds. The Morgan fingerprint density at radius 1 is 0.960 bits per heavy atom. The van der Waals surface area contributed by atoms with Gasteiger partial charge in [0.2, 0.25) is 5.91 Å². The summed E-state index contributed by atoms with van der Waals surface area (Å²) in [6.07, 6.45) is 11.5. The molecule has 1 aliphatic carbocycles. The lowest BCUT2D eigenvalue weighted by Crippen LogP contribution is -2.42. The number of amides is 1. The Hall–Kier alpha value is -2.49. The number of hydrogen-bond donors (Lipinski definition) is 0. The van der Waals surface area contributed by atoms with Gasteiger partial charge >= 0.3 is 0 Å². The first-order valence-corrected chi connectivity index (χ1v) is 8.86. The molecule has 0 spiro atoms. The van der Waals surface area contributed by atoms with Crippen molar-refractivity contribution < 1.29 is 4.79 Å². The molecule has 0 radical (unpaired) electrons. The average Bonchev–Trinajstić information content (AvgIpc) is 3.31. The van der Waals surface area contributed by atoms with Gasteiger partial charge in [-0.1, -0.05) is 88.4 Å². The van der Waals surface area contributed by atoms with Crippen molar-refractivity contribution in [1.82, 2.24) is 4.90 Å². The largest absolute Gasteiger partial charge is 0.319 e. The number of alkyl halides is 1. The van der Waals surface area contributed by atoms with E-state index < -0.39 is 9.74 Å². The number of halogens is 1. The molecule has 0 bridgehead atoms. The summed E-state index contributed by atoms with van der Waals surface area (Å²) in [5.74, 6) is 5.00. The molecule has 0 N–H and O–H groups in total. The van der Waals surface area contributed by atoms with E-state index in [4.69, 9.17) is 12.8 Å². The van der Waals surface area contributed by atoms with Crippen molar-refractivity contribution in [3.63, 3.8) is 0 Å². The maximum absolute atomic E-state index is 13.3. The van der Waals surface area contributed by atoms with Gasteiger partial charge in [-0.3, -0.25) is 4.79 Å². The van der Waals surface area contributed by atoms with Crippen LogP contribution in [0.5, 0.6) is 0 Å². The van der Waals surface area contributed by atoms with Crippen molar-refractivity contribution in [2.45, 2.75) is 16.2 Å². The van der Waals surface area contributed by atoms with Gasteiger partial charge in [0.05, 0.1) is 13.1 Å². The van der Waals surface area contributed by atoms with Gasteiger partial charge in [-0.05, 0) is 17.5 Å². The van der Waals surface area contributed by atoms with Gasteiger partial charge in [0, 0.05) is 5.41 Å². The Labute approximate surface area is 157 Å². The third kappa shape index (κ3) is 2.76. The van der Waals surface area contributed by atoms with Crippen molar-refractivity contribution in [2.75, 3.05) is 13.1 Å². The maximum atomic E-state index is 13.3. The monoisotopic (exact) mass is 391 g/mol. The molecule has 1 saturated carbocycles. The van der Waals surface area contributed by atoms with Gasteiger partial charge in [0.25, 0.3) is 0 Å². The molecule has 2 aromatic carbocycles. The van der Waals surface area contributed by atoms with Gasteiger partial charge in [-0.2, -0.15) is 0 Å². The summed E-state index contributed by atoms with van der Waals surface area (Å²) < 4.78 is -0.740. The zero-order valence-corrected chi connectivity index (χ0v) is 15.4. The van der Waals surface area contributed by atoms with Crippen LogP contribution in [0, 0.1) is 24.7 Å². The van der Waals surface area contributed by atoms with Crippen LogP contribution in [0.15, 0.2) is 60.7 Å². The first-order chi connectivity index (χ1) is 12.1. The molecule has 1 aliphatic rings. The zero-order valence-electron chi connectivity index (χ0n) is 13.8. The van der Waals surface area contributed by atoms with Gasteiger partial charge in [-0.15, -0.1) is 12.8 Å². The van der Waals surface area contributed by atoms with Crippen LogP contribution in [0.2, 0.25) is 0 Å². The fourth-order valence-electron chi connectivity index (χ4n) is 3.52. The van der Waals surface area contributed by atoms with Crippen molar-refractivity contribution in [3.8, 4) is 24.7 Å². The van der Waals surface area contributed by atoms with Gasteiger partial charge in [0.15, 0.2) is 0 Å². The standard InChI is InChI=1S/C22H18BrNO/c1-3-15-24(16-4-2)20(25)22(23)17-21(22,18-11-7-5-8-12-18)19-13-9-6-10-14-19/h1-2,5-14H,15-17H2. The van der Waals surface area contributed by atoms with Crippen molar-refractivity contribution in [3.05, 3.63) is 71.8 Å². The van der Waals surface area contributed by atoms with Crippen LogP contribution < -0.4 is 0 Å². The maximum Gasteiger partial charge on any atom is 0.242 e. The summed E-state index contributed by atoms with van der Waals surface area (Å²) in [5.41, 5.74) is 1.79. The van der Waals surface area contributed by atoms with Gasteiger partial charge in [0.1, 0.15) is 4.32 Å². The number of benzene rings is 2. The topological polar surface area (TPSA) is 20.3 Å². The molecule has 1 atom stereocenters. The summed E-state index contributed by atoms with van der Waals surface area (Å²) in [6.45, 7) is 0.409. The number of carbonyl (C=O) groups is 1. The Morgan fingerprint density at radius 2 is 1.40 bits per heavy atom. The second kappa shape index (κ2) is 6.79. The lowest BCUT2D eigenvalue weighted by Gasteiger charge is -2.27. The highest BCUT2D eigenvalue weighted by molar-refractivity contribution is 9.10. The minimum absolute atomic E-state index is 0.0592. The highest BCUT2D eigenvalue weighted by atomic mass is 79.9. The van der Waals surface area contributed by atoms with Crippen LogP contribution in [0.4, 0.5) is 0 Å². The van der Waals surface area contributed by atoms with E-state index in [0.717, 1.165) is 11.1 Å². The molecule has 0 saturated heterocycles. The van der Waals surface area contributed by atoms with Crippen LogP contribution in [-0.4, -0.2) is 28.2 Å². The first-order valence-electron chi connectivity index (χ1n) is 8.06. The number of rotatable bonds is 5. The van der Waals surface area contributed by atoms with Crippen LogP contribution in [0.25, 0.3) is 0 Å². The Kier molecular flexibility index (Phi) is 4.71. The average molecular weight is 392 g/mol. The Balaban J connectivity index is 2.07. The third-order valence-electron chi connectivity index (χ3n) is 4.78. The van der Waals surface area contributed by atoms with Gasteiger partial charge < -0.3 is 4.90 Å². The molecular weight excluding hydrogens is 374 g/mol. The van der Waals surface area contributed by atoms with E-state index in [9.17, 15) is 4.79 Å². The van der Waals surface area contributed by atoms with Crippen LogP contribution in [0.1, 0.15) is 17.5 Å². The lowest BCUT2D eigenvalue weighted by atomic mass is 9.85. The summed E-state index contributed by atoms with van der Waals surface area (Å²) >= 11 is 3.76. The molecule has 1 fully saturated rings. The second-order valence-corrected chi connectivity index (χ2v) is 7.54. The Bertz CT molecular complexity index is 792. The SMILES string of the molecule is C#CCN(CC#C)C(=O)C1(Br)CC1(c1ccccc1)c1ccccc1. The second-order valence-electron chi connectivity index (χ2n) is 6.18. The zero-order chi connectivity index (χ0) is 17.9. The molecule has 3 heteroatoms. The predicted molar refractivity (Wildman–Crippen MR) is 104 cm³/mol. The molecule has 25 heavy (non-hydrogen) atoms. The van der Waals surface area contributed by atoms with E-state index in [2.05, 4.69) is 52.0 Å². The van der Waals surface area contributed by atoms with E-state index in [1.165, 1.54) is 0 Å². The first kappa shape index (κ1) is 17.3. The number of nitrogens with zero attached hydrogens (tertiary/aromatic N) is 1. The fraction of sp³-hybridized carbons (Fsp3) is 0.227. The molecule has 1 unspecified atom stereocenters. The number of terminal acetylenes is 2. The lowest BCUT2D eigenvalue weighted by molar-refractivity contribution is -0.130. The van der Waals surface area contributed by atoms with E-state index in [1.54, 1.807) is 4.90 Å². The van der Waals surface area contributed by atoms with Crippen LogP contribution in [-0.2, 0) is 10.2 Å². The molecule has 2 nitrogen and oxygen atoms in total. The molecule has 0 aliphatic heterocycles. The fourth-order valence-corrected chi connectivity index (χ4v) is 4.65. The van der Waals surface area contributed by atoms with E-state index in [-0.39, 0.29) is 19.0 Å². The summed E-state index contributed by atoms with van der Waals surface area (Å²) in [4.78, 5) is 14.8. The number of hydrogen-bond acceptors (Lipinski definition) is 1. The van der Waals surface area contributed by atoms with Crippen molar-refractivity contribution in [1.29, 1.82) is 0 Å². The quantitative estimate of drug-likeness (QED) is 0.563. The summed E-state index contributed by atoms with van der Waals surface area (Å²) in [7, 11) is 0. The van der Waals surface area contributed by atoms with Crippen LogP contribution >= 0.6 is 15.9 Å². The van der Waals surface area contributed by atoms with Crippen LogP contribution in [0.3, 0.4) is 0 Å². The molecular formula is C22H18BrNO. The molecule has 124 valence electrons. The van der Waals surface area contributed by atoms with Crippen molar-refractivity contribution >= 4 is 21.8 Å². The smallest absolute Gasteiger partial charge is 0.242 e. The normalized spacial score (nSPS) is 20.1. The van der Waals surface area contributed by atoms with E-state index in [0.29, 0.717) is 6.42 Å². The molecule has 2 aromatic rings. The third-order valence-corrected chi connectivity index (χ3v) is 6.08. The van der Waals surface area contributed by atoms with E-state index >= 15 is 0 Å². The minimum Gasteiger partial charge on any atom is -0.319 e. The summed E-state index contributed by atoms with van der Waals surface area (Å²) in [6, 6.07) is 20.2.